The van der Waals surface area contributed by atoms with Crippen molar-refractivity contribution in [2.45, 2.75) is 32.5 Å². The molecule has 1 aliphatic rings. The van der Waals surface area contributed by atoms with Gasteiger partial charge in [-0.15, -0.1) is 0 Å². The van der Waals surface area contributed by atoms with Gasteiger partial charge in [0, 0.05) is 49.9 Å². The molecule has 1 amide bonds. The molecule has 3 heterocycles. The Morgan fingerprint density at radius 3 is 2.13 bits per heavy atom. The van der Waals surface area contributed by atoms with Crippen LogP contribution in [0.4, 0.5) is 29.1 Å². The number of methoxy groups -OCH3 is 1. The lowest BCUT2D eigenvalue weighted by Gasteiger charge is -2.43. The van der Waals surface area contributed by atoms with Crippen LogP contribution in [0.2, 0.25) is 0 Å². The van der Waals surface area contributed by atoms with Gasteiger partial charge in [-0.05, 0) is 57.3 Å². The summed E-state index contributed by atoms with van der Waals surface area (Å²) in [4.78, 5) is 36.4. The van der Waals surface area contributed by atoms with Crippen LogP contribution in [0, 0.1) is 11.6 Å². The first-order valence-corrected chi connectivity index (χ1v) is 14.1. The van der Waals surface area contributed by atoms with E-state index in [1.54, 1.807) is 12.1 Å². The minimum atomic E-state index is -3.06. The molecular formula is C31H32F4N6O4. The van der Waals surface area contributed by atoms with E-state index in [0.29, 0.717) is 18.9 Å². The number of nitrogens with one attached hydrogen (secondary N) is 1. The first kappa shape index (κ1) is 31.6. The van der Waals surface area contributed by atoms with Gasteiger partial charge in [0.25, 0.3) is 11.5 Å². The number of hydrogen-bond acceptors (Lipinski definition) is 7. The number of hydrogen-bond donors (Lipinski definition) is 1. The number of aromatic nitrogens is 3. The van der Waals surface area contributed by atoms with E-state index < -0.39 is 41.0 Å². The average Bonchev–Trinajstić information content (AvgIpc) is 3.23. The second-order valence-corrected chi connectivity index (χ2v) is 10.8. The summed E-state index contributed by atoms with van der Waals surface area (Å²) in [5, 5.41) is 2.47. The predicted octanol–water partition coefficient (Wildman–Crippen LogP) is 4.91. The van der Waals surface area contributed by atoms with E-state index in [2.05, 4.69) is 40.7 Å². The van der Waals surface area contributed by atoms with E-state index in [1.165, 1.54) is 31.0 Å². The Morgan fingerprint density at radius 2 is 1.56 bits per heavy atom. The smallest absolute Gasteiger partial charge is 0.387 e. The molecule has 10 nitrogen and oxygen atoms in total. The molecule has 0 unspecified atom stereocenters. The van der Waals surface area contributed by atoms with Gasteiger partial charge in [0.15, 0.2) is 5.82 Å². The SMILES string of the molecule is COc1cc(F)c(-c2c(NC(=O)c3ccc(OC(F)F)cc3)c(=O)n(-c3cccc(N4C[C@@H](C)N(C)[C@@H](C)C4)n3)n2C)c(F)c1. The number of pyridine rings is 1. The Labute approximate surface area is 256 Å². The van der Waals surface area contributed by atoms with Crippen molar-refractivity contribution in [2.75, 3.05) is 37.5 Å². The van der Waals surface area contributed by atoms with E-state index in [1.807, 2.05) is 6.07 Å². The largest absolute Gasteiger partial charge is 0.497 e. The average molecular weight is 629 g/mol. The molecule has 238 valence electrons. The summed E-state index contributed by atoms with van der Waals surface area (Å²) in [6, 6.07) is 12.3. The maximum Gasteiger partial charge on any atom is 0.387 e. The van der Waals surface area contributed by atoms with Crippen LogP contribution in [-0.2, 0) is 7.05 Å². The van der Waals surface area contributed by atoms with E-state index in [4.69, 9.17) is 9.72 Å². The predicted molar refractivity (Wildman–Crippen MR) is 161 cm³/mol. The Kier molecular flexibility index (Phi) is 8.87. The van der Waals surface area contributed by atoms with Gasteiger partial charge >= 0.3 is 6.61 Å². The van der Waals surface area contributed by atoms with Crippen molar-refractivity contribution in [3.8, 4) is 28.6 Å². The summed E-state index contributed by atoms with van der Waals surface area (Å²) in [7, 11) is 4.73. The van der Waals surface area contributed by atoms with Crippen LogP contribution in [0.3, 0.4) is 0 Å². The molecule has 2 aromatic carbocycles. The molecule has 0 spiro atoms. The molecule has 1 saturated heterocycles. The fourth-order valence-electron chi connectivity index (χ4n) is 5.43. The number of carbonyl (C=O) groups excluding carboxylic acids is 1. The first-order valence-electron chi connectivity index (χ1n) is 14.1. The molecule has 1 fully saturated rings. The van der Waals surface area contributed by atoms with Crippen molar-refractivity contribution in [1.82, 2.24) is 19.2 Å². The molecule has 2 aromatic heterocycles. The summed E-state index contributed by atoms with van der Waals surface area (Å²) < 4.78 is 67.7. The van der Waals surface area contributed by atoms with Crippen LogP contribution in [-0.4, -0.2) is 71.1 Å². The number of benzene rings is 2. The van der Waals surface area contributed by atoms with Gasteiger partial charge in [0.05, 0.1) is 12.7 Å². The van der Waals surface area contributed by atoms with Crippen molar-refractivity contribution in [2.24, 2.45) is 7.05 Å². The quantitative estimate of drug-likeness (QED) is 0.278. The van der Waals surface area contributed by atoms with E-state index in [0.717, 1.165) is 28.9 Å². The molecular weight excluding hydrogens is 596 g/mol. The molecule has 45 heavy (non-hydrogen) atoms. The number of likely N-dealkylation sites (N-methyl/N-ethyl adjacent to an activating group) is 1. The molecule has 5 rings (SSSR count). The number of halogens is 4. The van der Waals surface area contributed by atoms with Crippen molar-refractivity contribution < 1.29 is 31.8 Å². The molecule has 2 atom stereocenters. The van der Waals surface area contributed by atoms with Crippen LogP contribution < -0.4 is 25.2 Å². The van der Waals surface area contributed by atoms with Gasteiger partial charge < -0.3 is 19.7 Å². The molecule has 0 bridgehead atoms. The summed E-state index contributed by atoms with van der Waals surface area (Å²) in [5.74, 6) is -2.40. The van der Waals surface area contributed by atoms with Gasteiger partial charge in [-0.2, -0.15) is 13.5 Å². The standard InChI is InChI=1S/C31H32F4N6O4/c1-17-15-40(16-18(2)38(17)3)24-7-6-8-25(36-24)41-30(43)27(37-29(42)19-9-11-20(12-10-19)45-31(34)35)28(39(41)4)26-22(32)13-21(44-5)14-23(26)33/h6-14,17-18,31H,15-16H2,1-5H3,(H,37,42)/t17-,18+. The maximum absolute atomic E-state index is 15.4. The van der Waals surface area contributed by atoms with E-state index >= 15 is 8.78 Å². The van der Waals surface area contributed by atoms with Gasteiger partial charge in [-0.25, -0.2) is 13.8 Å². The fourth-order valence-corrected chi connectivity index (χ4v) is 5.43. The zero-order valence-electron chi connectivity index (χ0n) is 25.2. The zero-order valence-corrected chi connectivity index (χ0v) is 25.2. The Bertz CT molecular complexity index is 1740. The van der Waals surface area contributed by atoms with Crippen LogP contribution in [0.5, 0.6) is 11.5 Å². The molecule has 1 aliphatic heterocycles. The minimum absolute atomic E-state index is 0.0218. The Morgan fingerprint density at radius 1 is 0.956 bits per heavy atom. The molecule has 0 saturated carbocycles. The number of alkyl halides is 2. The number of rotatable bonds is 8. The number of nitrogens with zero attached hydrogens (tertiary/aromatic N) is 5. The van der Waals surface area contributed by atoms with Crippen molar-refractivity contribution in [3.63, 3.8) is 0 Å². The monoisotopic (exact) mass is 628 g/mol. The van der Waals surface area contributed by atoms with Crippen molar-refractivity contribution in [3.05, 3.63) is 82.1 Å². The topological polar surface area (TPSA) is 93.9 Å². The summed E-state index contributed by atoms with van der Waals surface area (Å²) in [6.07, 6.45) is 0. The Hall–Kier alpha value is -4.85. The third-order valence-corrected chi connectivity index (χ3v) is 7.96. The highest BCUT2D eigenvalue weighted by Crippen LogP contribution is 2.34. The summed E-state index contributed by atoms with van der Waals surface area (Å²) >= 11 is 0. The minimum Gasteiger partial charge on any atom is -0.497 e. The Balaban J connectivity index is 1.62. The summed E-state index contributed by atoms with van der Waals surface area (Å²) in [6.45, 7) is 2.53. The highest BCUT2D eigenvalue weighted by Gasteiger charge is 2.30. The zero-order chi connectivity index (χ0) is 32.6. The normalized spacial score (nSPS) is 17.1. The second kappa shape index (κ2) is 12.6. The highest BCUT2D eigenvalue weighted by atomic mass is 19.3. The number of ether oxygens (including phenoxy) is 2. The van der Waals surface area contributed by atoms with Crippen LogP contribution in [0.25, 0.3) is 17.1 Å². The van der Waals surface area contributed by atoms with Crippen LogP contribution in [0.15, 0.2) is 59.4 Å². The molecule has 14 heteroatoms. The first-order chi connectivity index (χ1) is 21.4. The molecule has 1 N–H and O–H groups in total. The van der Waals surface area contributed by atoms with Crippen molar-refractivity contribution in [1.29, 1.82) is 0 Å². The van der Waals surface area contributed by atoms with Gasteiger partial charge in [-0.3, -0.25) is 19.2 Å². The number of amides is 1. The van der Waals surface area contributed by atoms with Gasteiger partial charge in [0.2, 0.25) is 0 Å². The number of carbonyl (C=O) groups is 1. The lowest BCUT2D eigenvalue weighted by atomic mass is 10.1. The fraction of sp³-hybridized carbons (Fsp3) is 0.323. The molecule has 0 radical (unpaired) electrons. The van der Waals surface area contributed by atoms with Crippen molar-refractivity contribution >= 4 is 17.4 Å². The highest BCUT2D eigenvalue weighted by molar-refractivity contribution is 6.06. The van der Waals surface area contributed by atoms with Crippen LogP contribution >= 0.6 is 0 Å². The third-order valence-electron chi connectivity index (χ3n) is 7.96. The lowest BCUT2D eigenvalue weighted by Crippen LogP contribution is -2.55. The van der Waals surface area contributed by atoms with Gasteiger partial charge in [0.1, 0.15) is 40.3 Å². The molecule has 0 aliphatic carbocycles. The number of anilines is 2. The van der Waals surface area contributed by atoms with Gasteiger partial charge in [-0.1, -0.05) is 6.07 Å². The third kappa shape index (κ3) is 6.23. The summed E-state index contributed by atoms with van der Waals surface area (Å²) in [5.41, 5.74) is -2.10. The maximum atomic E-state index is 15.4. The van der Waals surface area contributed by atoms with Crippen LogP contribution in [0.1, 0.15) is 24.2 Å². The molecule has 4 aromatic rings. The van der Waals surface area contributed by atoms with E-state index in [9.17, 15) is 18.4 Å². The van der Waals surface area contributed by atoms with E-state index in [-0.39, 0.29) is 40.7 Å². The lowest BCUT2D eigenvalue weighted by molar-refractivity contribution is -0.0498. The number of piperazine rings is 1. The second-order valence-electron chi connectivity index (χ2n) is 10.8.